The van der Waals surface area contributed by atoms with E-state index in [-0.39, 0.29) is 31.1 Å². The number of carbonyl (C=O) groups is 1. The van der Waals surface area contributed by atoms with Crippen molar-refractivity contribution in [2.24, 2.45) is 11.8 Å². The van der Waals surface area contributed by atoms with Crippen LogP contribution in [0.3, 0.4) is 0 Å². The van der Waals surface area contributed by atoms with Crippen LogP contribution in [0.5, 0.6) is 0 Å². The molecule has 1 aromatic carbocycles. The number of aromatic nitrogens is 1. The molecule has 0 spiro atoms. The quantitative estimate of drug-likeness (QED) is 0.491. The topological polar surface area (TPSA) is 57.3 Å². The lowest BCUT2D eigenvalue weighted by Crippen LogP contribution is -2.29. The van der Waals surface area contributed by atoms with Gasteiger partial charge < -0.3 is 15.5 Å². The molecule has 1 aromatic heterocycles. The van der Waals surface area contributed by atoms with Crippen molar-refractivity contribution in [2.75, 3.05) is 37.4 Å². The summed E-state index contributed by atoms with van der Waals surface area (Å²) in [6, 6.07) is 7.30. The van der Waals surface area contributed by atoms with Crippen molar-refractivity contribution >= 4 is 39.9 Å². The smallest absolute Gasteiger partial charge is 0.360 e. The zero-order valence-electron chi connectivity index (χ0n) is 18.4. The normalized spacial score (nSPS) is 19.2. The van der Waals surface area contributed by atoms with Gasteiger partial charge in [0, 0.05) is 25.4 Å². The highest BCUT2D eigenvalue weighted by Crippen LogP contribution is 2.40. The Kier molecular flexibility index (Phi) is 8.22. The lowest BCUT2D eigenvalue weighted by Gasteiger charge is -2.29. The van der Waals surface area contributed by atoms with Crippen LogP contribution in [0.15, 0.2) is 24.3 Å². The van der Waals surface area contributed by atoms with Crippen LogP contribution < -0.4 is 15.5 Å². The molecule has 1 saturated carbocycles. The number of benzene rings is 1. The standard InChI is InChI=1S/C23H30ClF3N4O/c1-28-12-3-13-31(2)20-11-8-17-19(29-20)10-9-18(24)22(17)30-21(32)14-15-4-6-16(7-5-15)23(25,26)27/h8-11,15-16,28H,3-7,12-14H2,1-2H3,(H,30,32). The van der Waals surface area contributed by atoms with E-state index in [1.54, 1.807) is 6.07 Å². The molecule has 1 aliphatic rings. The summed E-state index contributed by atoms with van der Waals surface area (Å²) in [6.45, 7) is 1.77. The van der Waals surface area contributed by atoms with E-state index < -0.39 is 12.1 Å². The van der Waals surface area contributed by atoms with Gasteiger partial charge in [0.1, 0.15) is 5.82 Å². The van der Waals surface area contributed by atoms with Gasteiger partial charge in [-0.3, -0.25) is 4.79 Å². The molecule has 1 amide bonds. The van der Waals surface area contributed by atoms with Crippen LogP contribution >= 0.6 is 11.6 Å². The third-order valence-electron chi connectivity index (χ3n) is 6.17. The van der Waals surface area contributed by atoms with E-state index in [0.717, 1.165) is 30.7 Å². The van der Waals surface area contributed by atoms with E-state index in [9.17, 15) is 18.0 Å². The van der Waals surface area contributed by atoms with Gasteiger partial charge in [0.15, 0.2) is 0 Å². The van der Waals surface area contributed by atoms with Crippen LogP contribution in [-0.4, -0.2) is 44.3 Å². The fraction of sp³-hybridized carbons (Fsp3) is 0.565. The van der Waals surface area contributed by atoms with Crippen molar-refractivity contribution in [1.82, 2.24) is 10.3 Å². The Balaban J connectivity index is 1.66. The van der Waals surface area contributed by atoms with Crippen molar-refractivity contribution in [3.8, 4) is 0 Å². The number of hydrogen-bond donors (Lipinski definition) is 2. The number of rotatable bonds is 8. The van der Waals surface area contributed by atoms with Gasteiger partial charge >= 0.3 is 6.18 Å². The maximum Gasteiger partial charge on any atom is 0.391 e. The van der Waals surface area contributed by atoms with Crippen molar-refractivity contribution in [3.05, 3.63) is 29.3 Å². The summed E-state index contributed by atoms with van der Waals surface area (Å²) in [5.74, 6) is -0.693. The van der Waals surface area contributed by atoms with Crippen LogP contribution in [0.2, 0.25) is 5.02 Å². The number of pyridine rings is 1. The van der Waals surface area contributed by atoms with Gasteiger partial charge in [0.25, 0.3) is 0 Å². The number of hydrogen-bond acceptors (Lipinski definition) is 4. The number of anilines is 2. The summed E-state index contributed by atoms with van der Waals surface area (Å²) in [6.07, 6.45) is -1.97. The second-order valence-electron chi connectivity index (χ2n) is 8.55. The first-order chi connectivity index (χ1) is 15.2. The highest BCUT2D eigenvalue weighted by atomic mass is 35.5. The van der Waals surface area contributed by atoms with Crippen molar-refractivity contribution < 1.29 is 18.0 Å². The fourth-order valence-electron chi connectivity index (χ4n) is 4.26. The Morgan fingerprint density at radius 2 is 1.91 bits per heavy atom. The molecule has 0 radical (unpaired) electrons. The van der Waals surface area contributed by atoms with Crippen LogP contribution in [0.4, 0.5) is 24.7 Å². The molecule has 5 nitrogen and oxygen atoms in total. The first-order valence-corrected chi connectivity index (χ1v) is 11.4. The summed E-state index contributed by atoms with van der Waals surface area (Å²) in [4.78, 5) is 19.4. The molecule has 0 unspecified atom stereocenters. The number of halogens is 4. The van der Waals surface area contributed by atoms with Crippen LogP contribution in [0, 0.1) is 11.8 Å². The number of amides is 1. The Bertz CT molecular complexity index is 929. The molecule has 3 rings (SSSR count). The predicted molar refractivity (Wildman–Crippen MR) is 123 cm³/mol. The second kappa shape index (κ2) is 10.7. The van der Waals surface area contributed by atoms with E-state index in [4.69, 9.17) is 16.6 Å². The van der Waals surface area contributed by atoms with Crippen molar-refractivity contribution in [1.29, 1.82) is 0 Å². The molecular formula is C23H30ClF3N4O. The largest absolute Gasteiger partial charge is 0.391 e. The molecule has 2 aromatic rings. The lowest BCUT2D eigenvalue weighted by molar-refractivity contribution is -0.183. The van der Waals surface area contributed by atoms with E-state index >= 15 is 0 Å². The highest BCUT2D eigenvalue weighted by Gasteiger charge is 2.41. The van der Waals surface area contributed by atoms with Gasteiger partial charge in [-0.25, -0.2) is 4.98 Å². The average Bonchev–Trinajstić information content (AvgIpc) is 2.75. The second-order valence-corrected chi connectivity index (χ2v) is 8.96. The van der Waals surface area contributed by atoms with Gasteiger partial charge in [-0.15, -0.1) is 0 Å². The Labute approximate surface area is 191 Å². The minimum atomic E-state index is -4.14. The minimum absolute atomic E-state index is 0.0432. The van der Waals surface area contributed by atoms with Crippen LogP contribution in [0.1, 0.15) is 38.5 Å². The summed E-state index contributed by atoms with van der Waals surface area (Å²) in [5, 5.41) is 7.14. The number of alkyl halides is 3. The zero-order valence-corrected chi connectivity index (χ0v) is 19.2. The Morgan fingerprint density at radius 1 is 1.19 bits per heavy atom. The van der Waals surface area contributed by atoms with Gasteiger partial charge in [-0.2, -0.15) is 13.2 Å². The number of nitrogens with zero attached hydrogens (tertiary/aromatic N) is 2. The van der Waals surface area contributed by atoms with E-state index in [2.05, 4.69) is 15.5 Å². The third-order valence-corrected chi connectivity index (χ3v) is 6.48. The minimum Gasteiger partial charge on any atom is -0.360 e. The number of carbonyl (C=O) groups excluding carboxylic acids is 1. The molecule has 1 aliphatic carbocycles. The molecule has 176 valence electrons. The Hall–Kier alpha value is -2.06. The van der Waals surface area contributed by atoms with Gasteiger partial charge in [0.05, 0.1) is 22.1 Å². The first kappa shape index (κ1) is 24.6. The monoisotopic (exact) mass is 470 g/mol. The van der Waals surface area contributed by atoms with Gasteiger partial charge in [-0.1, -0.05) is 11.6 Å². The number of nitrogens with one attached hydrogen (secondary N) is 2. The molecule has 1 heterocycles. The highest BCUT2D eigenvalue weighted by molar-refractivity contribution is 6.35. The molecule has 0 aliphatic heterocycles. The SMILES string of the molecule is CNCCCN(C)c1ccc2c(NC(=O)CC3CCC(C(F)(F)F)CC3)c(Cl)ccc2n1. The van der Waals surface area contributed by atoms with Crippen LogP contribution in [0.25, 0.3) is 10.9 Å². The zero-order chi connectivity index (χ0) is 23.3. The maximum absolute atomic E-state index is 12.9. The van der Waals surface area contributed by atoms with E-state index in [0.29, 0.717) is 29.1 Å². The summed E-state index contributed by atoms with van der Waals surface area (Å²) in [5.41, 5.74) is 1.21. The fourth-order valence-corrected chi connectivity index (χ4v) is 4.47. The number of fused-ring (bicyclic) bond motifs is 1. The predicted octanol–water partition coefficient (Wildman–Crippen LogP) is 5.63. The maximum atomic E-state index is 12.9. The van der Waals surface area contributed by atoms with E-state index in [1.807, 2.05) is 32.3 Å². The molecular weight excluding hydrogens is 441 g/mol. The third kappa shape index (κ3) is 6.25. The van der Waals surface area contributed by atoms with Gasteiger partial charge in [-0.05, 0) is 75.9 Å². The molecule has 1 fully saturated rings. The summed E-state index contributed by atoms with van der Waals surface area (Å²) in [7, 11) is 3.90. The Morgan fingerprint density at radius 3 is 2.56 bits per heavy atom. The molecule has 0 saturated heterocycles. The van der Waals surface area contributed by atoms with E-state index in [1.165, 1.54) is 0 Å². The van der Waals surface area contributed by atoms with Crippen molar-refractivity contribution in [2.45, 2.75) is 44.7 Å². The molecule has 0 atom stereocenters. The van der Waals surface area contributed by atoms with Gasteiger partial charge in [0.2, 0.25) is 5.91 Å². The molecule has 2 N–H and O–H groups in total. The van der Waals surface area contributed by atoms with Crippen molar-refractivity contribution in [3.63, 3.8) is 0 Å². The first-order valence-electron chi connectivity index (χ1n) is 11.0. The molecule has 9 heteroatoms. The molecule has 0 bridgehead atoms. The summed E-state index contributed by atoms with van der Waals surface area (Å²) < 4.78 is 38.6. The molecule has 32 heavy (non-hydrogen) atoms. The lowest BCUT2D eigenvalue weighted by atomic mass is 9.80. The summed E-state index contributed by atoms with van der Waals surface area (Å²) >= 11 is 6.36. The average molecular weight is 471 g/mol. The van der Waals surface area contributed by atoms with Crippen LogP contribution in [-0.2, 0) is 4.79 Å².